The van der Waals surface area contributed by atoms with Gasteiger partial charge < -0.3 is 14.2 Å². The summed E-state index contributed by atoms with van der Waals surface area (Å²) < 4.78 is 7.21. The Kier molecular flexibility index (Phi) is 3.74. The SMILES string of the molecule is Cn1c(Cc2ccc3ccccc3c2)nnc1N1CCN2C(=O)OCC2C1. The van der Waals surface area contributed by atoms with Crippen LogP contribution < -0.4 is 4.90 Å². The van der Waals surface area contributed by atoms with Gasteiger partial charge in [-0.15, -0.1) is 10.2 Å². The average molecular weight is 363 g/mol. The van der Waals surface area contributed by atoms with Gasteiger partial charge in [-0.1, -0.05) is 42.5 Å². The number of carbonyl (C=O) groups excluding carboxylic acids is 1. The summed E-state index contributed by atoms with van der Waals surface area (Å²) in [6.07, 6.45) is 0.536. The molecule has 0 saturated carbocycles. The zero-order chi connectivity index (χ0) is 18.4. The van der Waals surface area contributed by atoms with Crippen molar-refractivity contribution in [3.05, 3.63) is 53.9 Å². The van der Waals surface area contributed by atoms with E-state index in [2.05, 4.69) is 62.1 Å². The number of ether oxygens (including phenoxy) is 1. The highest BCUT2D eigenvalue weighted by atomic mass is 16.6. The van der Waals surface area contributed by atoms with Gasteiger partial charge in [0, 0.05) is 33.1 Å². The molecular weight excluding hydrogens is 342 g/mol. The molecule has 0 bridgehead atoms. The fourth-order valence-corrected chi connectivity index (χ4v) is 3.98. The summed E-state index contributed by atoms with van der Waals surface area (Å²) >= 11 is 0. The summed E-state index contributed by atoms with van der Waals surface area (Å²) in [5.74, 6) is 1.78. The summed E-state index contributed by atoms with van der Waals surface area (Å²) in [5, 5.41) is 11.3. The molecule has 27 heavy (non-hydrogen) atoms. The minimum absolute atomic E-state index is 0.104. The summed E-state index contributed by atoms with van der Waals surface area (Å²) in [5.41, 5.74) is 1.22. The van der Waals surface area contributed by atoms with Crippen LogP contribution in [0.1, 0.15) is 11.4 Å². The average Bonchev–Trinajstić information content (AvgIpc) is 3.24. The van der Waals surface area contributed by atoms with Gasteiger partial charge in [0.15, 0.2) is 0 Å². The van der Waals surface area contributed by atoms with E-state index in [0.29, 0.717) is 13.2 Å². The number of aromatic nitrogens is 3. The third kappa shape index (κ3) is 2.79. The molecule has 1 atom stereocenters. The van der Waals surface area contributed by atoms with E-state index in [-0.39, 0.29) is 12.1 Å². The predicted octanol–water partition coefficient (Wildman–Crippen LogP) is 2.20. The van der Waals surface area contributed by atoms with E-state index in [9.17, 15) is 4.79 Å². The quantitative estimate of drug-likeness (QED) is 0.714. The van der Waals surface area contributed by atoms with Crippen molar-refractivity contribution < 1.29 is 9.53 Å². The van der Waals surface area contributed by atoms with E-state index in [1.165, 1.54) is 16.3 Å². The van der Waals surface area contributed by atoms with Gasteiger partial charge in [-0.25, -0.2) is 4.79 Å². The molecule has 2 fully saturated rings. The Balaban J connectivity index is 1.36. The van der Waals surface area contributed by atoms with E-state index < -0.39 is 0 Å². The van der Waals surface area contributed by atoms with Gasteiger partial charge in [0.1, 0.15) is 12.4 Å². The van der Waals surface area contributed by atoms with E-state index in [1.807, 2.05) is 11.9 Å². The minimum atomic E-state index is -0.199. The molecule has 7 nitrogen and oxygen atoms in total. The van der Waals surface area contributed by atoms with Gasteiger partial charge in [0.2, 0.25) is 5.95 Å². The molecule has 2 aromatic carbocycles. The number of rotatable bonds is 3. The number of hydrogen-bond donors (Lipinski definition) is 0. The van der Waals surface area contributed by atoms with Crippen molar-refractivity contribution >= 4 is 22.8 Å². The van der Waals surface area contributed by atoms with Crippen LogP contribution in [-0.4, -0.2) is 58.0 Å². The maximum Gasteiger partial charge on any atom is 0.410 e. The van der Waals surface area contributed by atoms with E-state index in [1.54, 1.807) is 0 Å². The number of cyclic esters (lactones) is 1. The zero-order valence-corrected chi connectivity index (χ0v) is 15.2. The molecule has 7 heteroatoms. The molecule has 0 spiro atoms. The molecule has 2 saturated heterocycles. The van der Waals surface area contributed by atoms with Crippen LogP contribution >= 0.6 is 0 Å². The van der Waals surface area contributed by atoms with Crippen LogP contribution in [0.4, 0.5) is 10.7 Å². The Labute approximate surface area is 157 Å². The largest absolute Gasteiger partial charge is 0.447 e. The van der Waals surface area contributed by atoms with Crippen molar-refractivity contribution in [1.82, 2.24) is 19.7 Å². The lowest BCUT2D eigenvalue weighted by Crippen LogP contribution is -2.52. The smallest absolute Gasteiger partial charge is 0.410 e. The summed E-state index contributed by atoms with van der Waals surface area (Å²) in [4.78, 5) is 15.7. The molecule has 2 aliphatic rings. The molecular formula is C20H21N5O2. The number of hydrogen-bond acceptors (Lipinski definition) is 5. The molecule has 1 amide bonds. The number of amides is 1. The Bertz CT molecular complexity index is 1010. The Morgan fingerprint density at radius 2 is 1.96 bits per heavy atom. The van der Waals surface area contributed by atoms with Gasteiger partial charge in [-0.3, -0.25) is 4.90 Å². The van der Waals surface area contributed by atoms with E-state index >= 15 is 0 Å². The number of benzene rings is 2. The van der Waals surface area contributed by atoms with Crippen LogP contribution in [0.15, 0.2) is 42.5 Å². The lowest BCUT2D eigenvalue weighted by molar-refractivity contribution is 0.157. The first kappa shape index (κ1) is 16.1. The number of piperazine rings is 1. The van der Waals surface area contributed by atoms with Crippen molar-refractivity contribution in [3.8, 4) is 0 Å². The van der Waals surface area contributed by atoms with Crippen LogP contribution in [0.5, 0.6) is 0 Å². The Morgan fingerprint density at radius 1 is 1.11 bits per heavy atom. The molecule has 0 radical (unpaired) electrons. The Morgan fingerprint density at radius 3 is 2.85 bits per heavy atom. The number of nitrogens with zero attached hydrogens (tertiary/aromatic N) is 5. The maximum atomic E-state index is 11.7. The first-order chi connectivity index (χ1) is 13.2. The van der Waals surface area contributed by atoms with E-state index in [0.717, 1.165) is 31.3 Å². The topological polar surface area (TPSA) is 63.5 Å². The number of anilines is 1. The second-order valence-electron chi connectivity index (χ2n) is 7.20. The third-order valence-corrected chi connectivity index (χ3v) is 5.52. The third-order valence-electron chi connectivity index (χ3n) is 5.52. The van der Waals surface area contributed by atoms with Crippen molar-refractivity contribution in [2.24, 2.45) is 7.05 Å². The molecule has 0 N–H and O–H groups in total. The van der Waals surface area contributed by atoms with Crippen LogP contribution in [-0.2, 0) is 18.2 Å². The summed E-state index contributed by atoms with van der Waals surface area (Å²) in [6, 6.07) is 15.0. The van der Waals surface area contributed by atoms with Gasteiger partial charge in [-0.2, -0.15) is 0 Å². The second-order valence-corrected chi connectivity index (χ2v) is 7.20. The molecule has 3 heterocycles. The first-order valence-electron chi connectivity index (χ1n) is 9.23. The monoisotopic (exact) mass is 363 g/mol. The molecule has 1 unspecified atom stereocenters. The zero-order valence-electron chi connectivity index (χ0n) is 15.2. The van der Waals surface area contributed by atoms with Crippen molar-refractivity contribution in [3.63, 3.8) is 0 Å². The minimum Gasteiger partial charge on any atom is -0.447 e. The van der Waals surface area contributed by atoms with Crippen molar-refractivity contribution in [2.75, 3.05) is 31.1 Å². The summed E-state index contributed by atoms with van der Waals surface area (Å²) in [6.45, 7) is 2.59. The van der Waals surface area contributed by atoms with Gasteiger partial charge in [-0.05, 0) is 16.3 Å². The highest BCUT2D eigenvalue weighted by Gasteiger charge is 2.38. The fraction of sp³-hybridized carbons (Fsp3) is 0.350. The number of carbonyl (C=O) groups is 1. The standard InChI is InChI=1S/C20H21N5O2/c1-23-18(11-14-6-7-15-4-2-3-5-16(15)10-14)21-22-19(23)24-8-9-25-17(12-24)13-27-20(25)26/h2-7,10,17H,8-9,11-13H2,1H3. The Hall–Kier alpha value is -3.09. The van der Waals surface area contributed by atoms with Gasteiger partial charge in [0.25, 0.3) is 0 Å². The van der Waals surface area contributed by atoms with Gasteiger partial charge >= 0.3 is 6.09 Å². The van der Waals surface area contributed by atoms with Gasteiger partial charge in [0.05, 0.1) is 6.04 Å². The molecule has 1 aromatic heterocycles. The normalized spacial score (nSPS) is 19.4. The van der Waals surface area contributed by atoms with E-state index in [4.69, 9.17) is 4.74 Å². The lowest BCUT2D eigenvalue weighted by atomic mass is 10.1. The molecule has 138 valence electrons. The number of fused-ring (bicyclic) bond motifs is 2. The maximum absolute atomic E-state index is 11.7. The first-order valence-corrected chi connectivity index (χ1v) is 9.23. The molecule has 5 rings (SSSR count). The predicted molar refractivity (Wildman–Crippen MR) is 102 cm³/mol. The molecule has 3 aromatic rings. The summed E-state index contributed by atoms with van der Waals surface area (Å²) in [7, 11) is 2.01. The van der Waals surface area contributed by atoms with Crippen LogP contribution in [0.2, 0.25) is 0 Å². The van der Waals surface area contributed by atoms with Crippen LogP contribution in [0.25, 0.3) is 10.8 Å². The molecule has 2 aliphatic heterocycles. The highest BCUT2D eigenvalue weighted by molar-refractivity contribution is 5.83. The highest BCUT2D eigenvalue weighted by Crippen LogP contribution is 2.23. The van der Waals surface area contributed by atoms with Crippen LogP contribution in [0, 0.1) is 0 Å². The van der Waals surface area contributed by atoms with Crippen molar-refractivity contribution in [1.29, 1.82) is 0 Å². The van der Waals surface area contributed by atoms with Crippen molar-refractivity contribution in [2.45, 2.75) is 12.5 Å². The molecule has 0 aliphatic carbocycles. The second kappa shape index (κ2) is 6.26. The lowest BCUT2D eigenvalue weighted by Gasteiger charge is -2.35. The fourth-order valence-electron chi connectivity index (χ4n) is 3.98. The van der Waals surface area contributed by atoms with Crippen LogP contribution in [0.3, 0.4) is 0 Å².